The molecule has 0 bridgehead atoms. The van der Waals surface area contributed by atoms with Crippen LogP contribution in [0.3, 0.4) is 0 Å². The van der Waals surface area contributed by atoms with Crippen LogP contribution >= 0.6 is 0 Å². The van der Waals surface area contributed by atoms with Gasteiger partial charge in [-0.15, -0.1) is 0 Å². The Morgan fingerprint density at radius 3 is 2.83 bits per heavy atom. The minimum atomic E-state index is -1.02. The number of hydrogen-bond acceptors (Lipinski definition) is 5. The van der Waals surface area contributed by atoms with Crippen molar-refractivity contribution in [2.24, 2.45) is 0 Å². The van der Waals surface area contributed by atoms with Crippen LogP contribution in [0.2, 0.25) is 0 Å². The number of imide groups is 1. The number of rotatable bonds is 2. The summed E-state index contributed by atoms with van der Waals surface area (Å²) >= 11 is 0. The zero-order chi connectivity index (χ0) is 13.1. The van der Waals surface area contributed by atoms with Crippen LogP contribution in [0, 0.1) is 5.82 Å². The molecular formula is C11H8FNO5. The maximum Gasteiger partial charge on any atom is 0.424 e. The first kappa shape index (κ1) is 12.0. The highest BCUT2D eigenvalue weighted by Gasteiger charge is 2.30. The topological polar surface area (TPSA) is 72.9 Å². The molecule has 0 saturated carbocycles. The second-order valence-corrected chi connectivity index (χ2v) is 3.44. The predicted molar refractivity (Wildman–Crippen MR) is 55.9 cm³/mol. The number of amides is 2. The van der Waals surface area contributed by atoms with Crippen molar-refractivity contribution < 1.29 is 28.2 Å². The van der Waals surface area contributed by atoms with E-state index in [1.54, 1.807) is 0 Å². The average molecular weight is 253 g/mol. The minimum Gasteiger partial charge on any atom is -0.447 e. The molecule has 1 fully saturated rings. The summed E-state index contributed by atoms with van der Waals surface area (Å²) < 4.78 is 22.6. The Bertz CT molecular complexity index is 516. The monoisotopic (exact) mass is 253 g/mol. The molecule has 0 aromatic heterocycles. The molecule has 1 aliphatic rings. The summed E-state index contributed by atoms with van der Waals surface area (Å²) in [5.41, 5.74) is 0.118. The molecule has 1 saturated heterocycles. The number of cyclic esters (lactones) is 1. The molecule has 0 unspecified atom stereocenters. The number of ether oxygens (including phenoxy) is 2. The van der Waals surface area contributed by atoms with Gasteiger partial charge in [0.05, 0.1) is 6.54 Å². The normalized spacial score (nSPS) is 14.3. The number of carbonyl (C=O) groups excluding carboxylic acids is 3. The molecule has 94 valence electrons. The maximum atomic E-state index is 13.4. The van der Waals surface area contributed by atoms with Gasteiger partial charge >= 0.3 is 12.2 Å². The van der Waals surface area contributed by atoms with E-state index in [2.05, 4.69) is 4.74 Å². The third-order valence-corrected chi connectivity index (χ3v) is 2.27. The minimum absolute atomic E-state index is 0.0612. The molecule has 1 aliphatic heterocycles. The second-order valence-electron chi connectivity index (χ2n) is 3.44. The molecule has 2 rings (SSSR count). The molecule has 0 radical (unpaired) electrons. The number of halogens is 1. The van der Waals surface area contributed by atoms with Gasteiger partial charge in [-0.25, -0.2) is 18.9 Å². The maximum absolute atomic E-state index is 13.4. The van der Waals surface area contributed by atoms with Gasteiger partial charge in [0.1, 0.15) is 12.9 Å². The van der Waals surface area contributed by atoms with E-state index in [1.807, 2.05) is 0 Å². The summed E-state index contributed by atoms with van der Waals surface area (Å²) in [6.07, 6.45) is -1.38. The lowest BCUT2D eigenvalue weighted by Crippen LogP contribution is -2.34. The SMILES string of the molecule is O=Cc1ccc(OC(=O)N2CCOC2=O)c(F)c1. The first-order valence-corrected chi connectivity index (χ1v) is 5.02. The van der Waals surface area contributed by atoms with E-state index >= 15 is 0 Å². The van der Waals surface area contributed by atoms with Crippen LogP contribution in [-0.2, 0) is 4.74 Å². The molecule has 1 aromatic rings. The van der Waals surface area contributed by atoms with Crippen LogP contribution in [0.1, 0.15) is 10.4 Å². The van der Waals surface area contributed by atoms with E-state index in [1.165, 1.54) is 6.07 Å². The van der Waals surface area contributed by atoms with Crippen LogP contribution < -0.4 is 4.74 Å². The highest BCUT2D eigenvalue weighted by Crippen LogP contribution is 2.19. The average Bonchev–Trinajstić information content (AvgIpc) is 2.78. The van der Waals surface area contributed by atoms with Gasteiger partial charge in [-0.05, 0) is 18.2 Å². The van der Waals surface area contributed by atoms with Gasteiger partial charge in [-0.2, -0.15) is 0 Å². The lowest BCUT2D eigenvalue weighted by molar-refractivity contribution is 0.112. The molecule has 0 N–H and O–H groups in total. The van der Waals surface area contributed by atoms with Crippen molar-refractivity contribution in [2.75, 3.05) is 13.2 Å². The quantitative estimate of drug-likeness (QED) is 0.748. The summed E-state index contributed by atoms with van der Waals surface area (Å²) in [5, 5.41) is 0. The van der Waals surface area contributed by atoms with E-state index in [-0.39, 0.29) is 24.5 Å². The fourth-order valence-electron chi connectivity index (χ4n) is 1.38. The van der Waals surface area contributed by atoms with E-state index in [0.717, 1.165) is 12.1 Å². The van der Waals surface area contributed by atoms with Crippen molar-refractivity contribution in [3.05, 3.63) is 29.6 Å². The van der Waals surface area contributed by atoms with Crippen molar-refractivity contribution in [1.29, 1.82) is 0 Å². The molecular weight excluding hydrogens is 245 g/mol. The highest BCUT2D eigenvalue weighted by molar-refractivity contribution is 5.90. The van der Waals surface area contributed by atoms with Gasteiger partial charge in [0, 0.05) is 5.56 Å². The molecule has 0 atom stereocenters. The fourth-order valence-corrected chi connectivity index (χ4v) is 1.38. The summed E-state index contributed by atoms with van der Waals surface area (Å²) in [6, 6.07) is 3.36. The summed E-state index contributed by atoms with van der Waals surface area (Å²) in [4.78, 5) is 33.7. The molecule has 2 amide bonds. The Balaban J connectivity index is 2.11. The molecule has 0 aliphatic carbocycles. The summed E-state index contributed by atoms with van der Waals surface area (Å²) in [7, 11) is 0. The number of aldehydes is 1. The first-order valence-electron chi connectivity index (χ1n) is 5.02. The fraction of sp³-hybridized carbons (Fsp3) is 0.182. The Hall–Kier alpha value is -2.44. The van der Waals surface area contributed by atoms with Crippen LogP contribution in [-0.4, -0.2) is 36.5 Å². The van der Waals surface area contributed by atoms with Gasteiger partial charge in [0.2, 0.25) is 0 Å². The van der Waals surface area contributed by atoms with Gasteiger partial charge in [0.15, 0.2) is 11.6 Å². The molecule has 6 nitrogen and oxygen atoms in total. The molecule has 18 heavy (non-hydrogen) atoms. The lowest BCUT2D eigenvalue weighted by atomic mass is 10.2. The third-order valence-electron chi connectivity index (χ3n) is 2.27. The first-order chi connectivity index (χ1) is 8.61. The van der Waals surface area contributed by atoms with Crippen molar-refractivity contribution >= 4 is 18.5 Å². The van der Waals surface area contributed by atoms with Crippen molar-refractivity contribution in [3.63, 3.8) is 0 Å². The lowest BCUT2D eigenvalue weighted by Gasteiger charge is -2.11. The van der Waals surface area contributed by atoms with Gasteiger partial charge in [-0.1, -0.05) is 0 Å². The zero-order valence-corrected chi connectivity index (χ0v) is 9.09. The largest absolute Gasteiger partial charge is 0.447 e. The van der Waals surface area contributed by atoms with Gasteiger partial charge < -0.3 is 9.47 Å². The summed E-state index contributed by atoms with van der Waals surface area (Å²) in [5.74, 6) is -1.22. The molecule has 0 spiro atoms. The van der Waals surface area contributed by atoms with E-state index in [4.69, 9.17) is 4.74 Å². The van der Waals surface area contributed by atoms with Crippen LogP contribution in [0.15, 0.2) is 18.2 Å². The Kier molecular flexibility index (Phi) is 3.22. The number of nitrogens with zero attached hydrogens (tertiary/aromatic N) is 1. The van der Waals surface area contributed by atoms with E-state index in [9.17, 15) is 18.8 Å². The van der Waals surface area contributed by atoms with Crippen LogP contribution in [0.4, 0.5) is 14.0 Å². The van der Waals surface area contributed by atoms with Crippen LogP contribution in [0.5, 0.6) is 5.75 Å². The molecule has 1 heterocycles. The number of carbonyl (C=O) groups is 3. The van der Waals surface area contributed by atoms with E-state index in [0.29, 0.717) is 11.2 Å². The highest BCUT2D eigenvalue weighted by atomic mass is 19.1. The number of benzene rings is 1. The summed E-state index contributed by atoms with van der Waals surface area (Å²) in [6.45, 7) is 0.145. The van der Waals surface area contributed by atoms with Crippen molar-refractivity contribution in [1.82, 2.24) is 4.90 Å². The Morgan fingerprint density at radius 2 is 2.28 bits per heavy atom. The van der Waals surface area contributed by atoms with Gasteiger partial charge in [0.25, 0.3) is 0 Å². The predicted octanol–water partition coefficient (Wildman–Crippen LogP) is 1.59. The molecule has 1 aromatic carbocycles. The molecule has 7 heteroatoms. The zero-order valence-electron chi connectivity index (χ0n) is 9.09. The van der Waals surface area contributed by atoms with Crippen molar-refractivity contribution in [2.45, 2.75) is 0 Å². The van der Waals surface area contributed by atoms with E-state index < -0.39 is 18.0 Å². The third kappa shape index (κ3) is 2.29. The Morgan fingerprint density at radius 1 is 1.50 bits per heavy atom. The standard InChI is InChI=1S/C11H8FNO5/c12-8-5-7(6-14)1-2-9(8)18-11(16)13-3-4-17-10(13)15/h1-2,5-6H,3-4H2. The van der Waals surface area contributed by atoms with Crippen LogP contribution in [0.25, 0.3) is 0 Å². The smallest absolute Gasteiger partial charge is 0.424 e. The number of hydrogen-bond donors (Lipinski definition) is 0. The van der Waals surface area contributed by atoms with Gasteiger partial charge in [-0.3, -0.25) is 4.79 Å². The second kappa shape index (κ2) is 4.82. The Labute approximate surface area is 101 Å². The van der Waals surface area contributed by atoms with Crippen molar-refractivity contribution in [3.8, 4) is 5.75 Å².